The molecule has 40 valence electrons. The molecule has 1 aromatic heterocycles. The lowest BCUT2D eigenvalue weighted by atomic mass is 10.4. The van der Waals surface area contributed by atoms with Crippen LogP contribution < -0.4 is 0 Å². The summed E-state index contributed by atoms with van der Waals surface area (Å²) >= 11 is 0. The third-order valence-electron chi connectivity index (χ3n) is 0.836. The molecule has 0 atom stereocenters. The first-order chi connectivity index (χ1) is 3.93. The largest absolute Gasteiger partial charge is 0.361 e. The van der Waals surface area contributed by atoms with Crippen LogP contribution in [0.2, 0.25) is 0 Å². The Hall–Kier alpha value is -1.27. The van der Waals surface area contributed by atoms with E-state index < -0.39 is 0 Å². The van der Waals surface area contributed by atoms with Gasteiger partial charge in [-0.2, -0.15) is 0 Å². The molecule has 1 rings (SSSR count). The van der Waals surface area contributed by atoms with Crippen LogP contribution in [-0.4, -0.2) is 10.9 Å². The monoisotopic (exact) mass is 107 g/mol. The molecule has 1 aromatic rings. The fraction of sp³-hybridized carbons (Fsp3) is 0. The average Bonchev–Trinajstić information content (AvgIpc) is 2.19. The molecule has 2 nitrogen and oxygen atoms in total. The number of carbonyl (C=O) groups excluding carboxylic acids is 1. The van der Waals surface area contributed by atoms with Gasteiger partial charge < -0.3 is 4.98 Å². The van der Waals surface area contributed by atoms with Gasteiger partial charge in [-0.1, -0.05) is 0 Å². The second-order valence-corrected chi connectivity index (χ2v) is 1.39. The lowest BCUT2D eigenvalue weighted by Crippen LogP contribution is -1.64. The summed E-state index contributed by atoms with van der Waals surface area (Å²) in [7, 11) is 0. The fourth-order valence-corrected chi connectivity index (χ4v) is 0.497. The number of hydrogen-bond donors (Lipinski definition) is 1. The number of H-pyrrole nitrogens is 1. The first-order valence-corrected chi connectivity index (χ1v) is 2.28. The number of nitrogens with one attached hydrogen (secondary N) is 1. The maximum Gasteiger partial charge on any atom is 0.126 e. The number of aromatic amines is 1. The van der Waals surface area contributed by atoms with Crippen molar-refractivity contribution in [3.8, 4) is 0 Å². The molecule has 0 aliphatic heterocycles. The normalized spacial score (nSPS) is 8.00. The Morgan fingerprint density at radius 1 is 1.75 bits per heavy atom. The first kappa shape index (κ1) is 4.88. The van der Waals surface area contributed by atoms with E-state index in [1.807, 2.05) is 6.07 Å². The smallest absolute Gasteiger partial charge is 0.126 e. The molecule has 0 saturated carbocycles. The van der Waals surface area contributed by atoms with Gasteiger partial charge in [-0.15, -0.1) is 0 Å². The SMILES string of the molecule is O=C=Cc1ccc[nH]1. The van der Waals surface area contributed by atoms with Crippen LogP contribution in [0, 0.1) is 0 Å². The maximum atomic E-state index is 9.67. The Bertz CT molecular complexity index is 194. The molecule has 0 unspecified atom stereocenters. The number of rotatable bonds is 1. The molecule has 0 aromatic carbocycles. The summed E-state index contributed by atoms with van der Waals surface area (Å²) in [5, 5.41) is 0. The summed E-state index contributed by atoms with van der Waals surface area (Å²) in [6.07, 6.45) is 3.10. The molecule has 0 bridgehead atoms. The highest BCUT2D eigenvalue weighted by molar-refractivity contribution is 5.72. The highest BCUT2D eigenvalue weighted by Crippen LogP contribution is 1.92. The Balaban J connectivity index is 2.93. The van der Waals surface area contributed by atoms with Crippen molar-refractivity contribution in [2.45, 2.75) is 0 Å². The summed E-state index contributed by atoms with van der Waals surface area (Å²) < 4.78 is 0. The van der Waals surface area contributed by atoms with Crippen LogP contribution in [-0.2, 0) is 4.79 Å². The van der Waals surface area contributed by atoms with Crippen LogP contribution in [0.5, 0.6) is 0 Å². The van der Waals surface area contributed by atoms with Crippen LogP contribution in [0.3, 0.4) is 0 Å². The van der Waals surface area contributed by atoms with Crippen LogP contribution in [0.1, 0.15) is 5.69 Å². The van der Waals surface area contributed by atoms with Gasteiger partial charge in [-0.05, 0) is 12.1 Å². The maximum absolute atomic E-state index is 9.67. The molecule has 8 heavy (non-hydrogen) atoms. The highest BCUT2D eigenvalue weighted by atomic mass is 16.1. The number of aromatic nitrogens is 1. The summed E-state index contributed by atoms with van der Waals surface area (Å²) in [5.41, 5.74) is 0.792. The van der Waals surface area contributed by atoms with E-state index in [1.165, 1.54) is 6.08 Å². The van der Waals surface area contributed by atoms with Crippen LogP contribution in [0.15, 0.2) is 18.3 Å². The summed E-state index contributed by atoms with van der Waals surface area (Å²) in [6, 6.07) is 3.62. The van der Waals surface area contributed by atoms with Gasteiger partial charge in [-0.3, -0.25) is 0 Å². The molecule has 0 aliphatic carbocycles. The second kappa shape index (κ2) is 2.15. The van der Waals surface area contributed by atoms with Crippen molar-refractivity contribution in [3.63, 3.8) is 0 Å². The molecule has 1 heterocycles. The van der Waals surface area contributed by atoms with E-state index >= 15 is 0 Å². The zero-order valence-electron chi connectivity index (χ0n) is 4.22. The van der Waals surface area contributed by atoms with Crippen LogP contribution >= 0.6 is 0 Å². The van der Waals surface area contributed by atoms with Crippen molar-refractivity contribution in [3.05, 3.63) is 24.0 Å². The van der Waals surface area contributed by atoms with E-state index in [9.17, 15) is 4.79 Å². The summed E-state index contributed by atoms with van der Waals surface area (Å²) in [6.45, 7) is 0. The van der Waals surface area contributed by atoms with E-state index in [-0.39, 0.29) is 0 Å². The minimum Gasteiger partial charge on any atom is -0.361 e. The lowest BCUT2D eigenvalue weighted by molar-refractivity contribution is 0.570. The predicted molar refractivity (Wildman–Crippen MR) is 31.0 cm³/mol. The quantitative estimate of drug-likeness (QED) is 0.530. The molecule has 0 amide bonds. The van der Waals surface area contributed by atoms with Crippen molar-refractivity contribution in [1.29, 1.82) is 0 Å². The summed E-state index contributed by atoms with van der Waals surface area (Å²) in [5.74, 6) is 1.66. The molecule has 0 fully saturated rings. The van der Waals surface area contributed by atoms with Gasteiger partial charge in [-0.25, -0.2) is 4.79 Å². The minimum absolute atomic E-state index is 0.792. The molecule has 1 N–H and O–H groups in total. The van der Waals surface area contributed by atoms with Crippen molar-refractivity contribution in [1.82, 2.24) is 4.98 Å². The zero-order valence-corrected chi connectivity index (χ0v) is 4.22. The van der Waals surface area contributed by atoms with Gasteiger partial charge in [0.15, 0.2) is 0 Å². The van der Waals surface area contributed by atoms with Crippen molar-refractivity contribution in [2.75, 3.05) is 0 Å². The zero-order chi connectivity index (χ0) is 5.82. The Morgan fingerprint density at radius 3 is 3.12 bits per heavy atom. The Labute approximate surface area is 46.8 Å². The number of hydrogen-bond acceptors (Lipinski definition) is 1. The highest BCUT2D eigenvalue weighted by Gasteiger charge is 1.79. The van der Waals surface area contributed by atoms with E-state index in [4.69, 9.17) is 0 Å². The van der Waals surface area contributed by atoms with Gasteiger partial charge in [0.1, 0.15) is 5.94 Å². The van der Waals surface area contributed by atoms with Gasteiger partial charge >= 0.3 is 0 Å². The van der Waals surface area contributed by atoms with Crippen molar-refractivity contribution in [2.24, 2.45) is 0 Å². The van der Waals surface area contributed by atoms with Gasteiger partial charge in [0, 0.05) is 18.0 Å². The van der Waals surface area contributed by atoms with E-state index in [0.717, 1.165) is 5.69 Å². The van der Waals surface area contributed by atoms with E-state index in [1.54, 1.807) is 18.2 Å². The molecule has 0 aliphatic rings. The molecule has 0 radical (unpaired) electrons. The molecule has 2 heteroatoms. The van der Waals surface area contributed by atoms with Crippen molar-refractivity contribution >= 4 is 12.0 Å². The van der Waals surface area contributed by atoms with Crippen LogP contribution in [0.4, 0.5) is 0 Å². The van der Waals surface area contributed by atoms with Crippen LogP contribution in [0.25, 0.3) is 6.08 Å². The molecular formula is C6H5NO. The average molecular weight is 107 g/mol. The molecule has 0 saturated heterocycles. The van der Waals surface area contributed by atoms with E-state index in [0.29, 0.717) is 0 Å². The standard InChI is InChI=1S/C6H5NO/c8-5-3-6-2-1-4-7-6/h1-4,7H. The summed E-state index contributed by atoms with van der Waals surface area (Å²) in [4.78, 5) is 12.5. The van der Waals surface area contributed by atoms with Crippen molar-refractivity contribution < 1.29 is 4.79 Å². The van der Waals surface area contributed by atoms with Gasteiger partial charge in [0.05, 0.1) is 0 Å². The van der Waals surface area contributed by atoms with E-state index in [2.05, 4.69) is 4.98 Å². The predicted octanol–water partition coefficient (Wildman–Crippen LogP) is 0.859. The minimum atomic E-state index is 0.792. The molecule has 0 spiro atoms. The third-order valence-corrected chi connectivity index (χ3v) is 0.836. The lowest BCUT2D eigenvalue weighted by Gasteiger charge is -1.73. The second-order valence-electron chi connectivity index (χ2n) is 1.39. The Morgan fingerprint density at radius 2 is 2.62 bits per heavy atom. The van der Waals surface area contributed by atoms with Gasteiger partial charge in [0.2, 0.25) is 0 Å². The van der Waals surface area contributed by atoms with Gasteiger partial charge in [0.25, 0.3) is 0 Å². The first-order valence-electron chi connectivity index (χ1n) is 2.28. The Kier molecular flexibility index (Phi) is 1.31. The topological polar surface area (TPSA) is 32.9 Å². The molecular weight excluding hydrogens is 102 g/mol. The third kappa shape index (κ3) is 0.863. The fourth-order valence-electron chi connectivity index (χ4n) is 0.497.